The van der Waals surface area contributed by atoms with Crippen LogP contribution in [-0.2, 0) is 16.1 Å². The number of carbonyl (C=O) groups is 3. The molecule has 10 nitrogen and oxygen atoms in total. The number of ether oxygens (including phenoxy) is 1. The molecule has 5 aliphatic rings. The first-order chi connectivity index (χ1) is 26.8. The highest BCUT2D eigenvalue weighted by Gasteiger charge is 2.40. The summed E-state index contributed by atoms with van der Waals surface area (Å²) in [6.45, 7) is 6.93. The topological polar surface area (TPSA) is 106 Å². The van der Waals surface area contributed by atoms with Crippen molar-refractivity contribution < 1.29 is 28.6 Å². The number of rotatable bonds is 7. The Bertz CT molecular complexity index is 2100. The van der Waals surface area contributed by atoms with Crippen molar-refractivity contribution in [2.24, 2.45) is 5.92 Å². The van der Waals surface area contributed by atoms with Crippen molar-refractivity contribution in [2.45, 2.75) is 50.1 Å². The lowest BCUT2D eigenvalue weighted by Gasteiger charge is -2.40. The largest absolute Gasteiger partial charge is 0.508 e. The number of aromatic hydroxyl groups is 1. The first-order valence-corrected chi connectivity index (χ1v) is 19.6. The normalized spacial score (nSPS) is 23.3. The zero-order valence-electron chi connectivity index (χ0n) is 30.8. The summed E-state index contributed by atoms with van der Waals surface area (Å²) < 4.78 is 21.6. The van der Waals surface area contributed by atoms with Gasteiger partial charge in [0.05, 0.1) is 12.3 Å². The molecule has 0 spiro atoms. The maximum absolute atomic E-state index is 15.5. The molecule has 284 valence electrons. The molecule has 0 radical (unpaired) electrons. The number of piperazine rings is 1. The summed E-state index contributed by atoms with van der Waals surface area (Å²) in [5.41, 5.74) is 6.35. The fraction of sp³-hybridized carbons (Fsp3) is 0.386. The Balaban J connectivity index is 0.790. The van der Waals surface area contributed by atoms with Crippen molar-refractivity contribution in [3.05, 3.63) is 119 Å². The van der Waals surface area contributed by atoms with E-state index < -0.39 is 17.8 Å². The van der Waals surface area contributed by atoms with E-state index in [1.807, 2.05) is 12.1 Å². The third-order valence-electron chi connectivity index (χ3n) is 12.4. The number of nitrogens with one attached hydrogen (secondary N) is 1. The zero-order chi connectivity index (χ0) is 37.6. The molecule has 11 heteroatoms. The summed E-state index contributed by atoms with van der Waals surface area (Å²) in [6.07, 6.45) is 2.70. The molecule has 3 atom stereocenters. The van der Waals surface area contributed by atoms with Crippen molar-refractivity contribution in [1.82, 2.24) is 15.1 Å². The molecule has 5 aliphatic heterocycles. The number of carbonyl (C=O) groups excluding carboxylic acids is 3. The Kier molecular flexibility index (Phi) is 9.41. The quantitative estimate of drug-likeness (QED) is 0.235. The van der Waals surface area contributed by atoms with Crippen LogP contribution in [0.15, 0.2) is 84.9 Å². The summed E-state index contributed by atoms with van der Waals surface area (Å²) in [6, 6.07) is 27.4. The highest BCUT2D eigenvalue weighted by molar-refractivity contribution is 6.05. The van der Waals surface area contributed by atoms with Crippen LogP contribution >= 0.6 is 0 Å². The molecule has 0 bridgehead atoms. The maximum Gasteiger partial charge on any atom is 0.255 e. The van der Waals surface area contributed by atoms with Crippen LogP contribution in [0.4, 0.5) is 15.8 Å². The molecule has 2 N–H and O–H groups in total. The molecule has 4 aromatic carbocycles. The Hall–Kier alpha value is -5.42. The number of nitrogens with zero attached hydrogens (tertiary/aromatic N) is 4. The van der Waals surface area contributed by atoms with Gasteiger partial charge in [-0.2, -0.15) is 0 Å². The van der Waals surface area contributed by atoms with Crippen LogP contribution in [0.5, 0.6) is 11.5 Å². The van der Waals surface area contributed by atoms with Crippen LogP contribution < -0.4 is 19.9 Å². The van der Waals surface area contributed by atoms with E-state index in [0.29, 0.717) is 36.9 Å². The van der Waals surface area contributed by atoms with E-state index in [-0.39, 0.29) is 48.8 Å². The van der Waals surface area contributed by atoms with E-state index in [1.165, 1.54) is 27.8 Å². The SMILES string of the molecule is O=C1CC[C@H](N2Cc3cc(N4CCN(CC5CCN(c6ccc([C@@H]7c8ccc(O)cc8OC[C@@H]7c7ccccc7)cc6)CC5)CC4)c(F)cc3C2=O)C(=O)N1. The third kappa shape index (κ3) is 6.90. The molecule has 0 saturated carbocycles. The minimum absolute atomic E-state index is 0.116. The van der Waals surface area contributed by atoms with E-state index >= 15 is 4.39 Å². The monoisotopic (exact) mass is 743 g/mol. The van der Waals surface area contributed by atoms with Crippen LogP contribution in [0, 0.1) is 11.7 Å². The summed E-state index contributed by atoms with van der Waals surface area (Å²) in [7, 11) is 0. The van der Waals surface area contributed by atoms with Gasteiger partial charge in [0.2, 0.25) is 11.8 Å². The molecule has 55 heavy (non-hydrogen) atoms. The number of piperidine rings is 2. The van der Waals surface area contributed by atoms with Gasteiger partial charge in [0.1, 0.15) is 23.4 Å². The third-order valence-corrected chi connectivity index (χ3v) is 12.4. The van der Waals surface area contributed by atoms with Gasteiger partial charge in [-0.15, -0.1) is 0 Å². The van der Waals surface area contributed by atoms with Gasteiger partial charge in [0, 0.05) is 93.5 Å². The molecule has 0 aromatic heterocycles. The second kappa shape index (κ2) is 14.7. The van der Waals surface area contributed by atoms with Gasteiger partial charge in [0.25, 0.3) is 5.91 Å². The van der Waals surface area contributed by atoms with Gasteiger partial charge in [-0.05, 0) is 72.2 Å². The van der Waals surface area contributed by atoms with E-state index in [9.17, 15) is 19.5 Å². The molecular formula is C44H46FN5O5. The highest BCUT2D eigenvalue weighted by Crippen LogP contribution is 2.47. The highest BCUT2D eigenvalue weighted by atomic mass is 19.1. The lowest BCUT2D eigenvalue weighted by atomic mass is 9.76. The number of amides is 3. The smallest absolute Gasteiger partial charge is 0.255 e. The molecule has 9 rings (SSSR count). The Morgan fingerprint density at radius 3 is 2.31 bits per heavy atom. The predicted molar refractivity (Wildman–Crippen MR) is 207 cm³/mol. The van der Waals surface area contributed by atoms with Crippen LogP contribution in [0.25, 0.3) is 0 Å². The van der Waals surface area contributed by atoms with Crippen molar-refractivity contribution >= 4 is 29.1 Å². The molecule has 3 amide bonds. The zero-order valence-corrected chi connectivity index (χ0v) is 30.8. The fourth-order valence-corrected chi connectivity index (χ4v) is 9.42. The average Bonchev–Trinajstić information content (AvgIpc) is 3.52. The first kappa shape index (κ1) is 35.3. The van der Waals surface area contributed by atoms with Crippen LogP contribution in [-0.4, -0.2) is 91.1 Å². The molecule has 5 heterocycles. The van der Waals surface area contributed by atoms with Crippen LogP contribution in [0.2, 0.25) is 0 Å². The minimum atomic E-state index is -0.716. The number of benzene rings is 4. The second-order valence-electron chi connectivity index (χ2n) is 15.7. The van der Waals surface area contributed by atoms with Crippen molar-refractivity contribution in [3.63, 3.8) is 0 Å². The molecule has 3 fully saturated rings. The molecule has 4 aromatic rings. The number of phenols is 1. The van der Waals surface area contributed by atoms with Crippen LogP contribution in [0.3, 0.4) is 0 Å². The number of halogens is 1. The Morgan fingerprint density at radius 2 is 1.56 bits per heavy atom. The van der Waals surface area contributed by atoms with E-state index in [0.717, 1.165) is 62.4 Å². The van der Waals surface area contributed by atoms with E-state index in [2.05, 4.69) is 68.5 Å². The van der Waals surface area contributed by atoms with E-state index in [1.54, 1.807) is 18.2 Å². The lowest BCUT2D eigenvalue weighted by molar-refractivity contribution is -0.136. The number of imide groups is 1. The number of hydrogen-bond donors (Lipinski definition) is 2. The maximum atomic E-state index is 15.5. The standard InChI is InChI=1S/C44H46FN5O5/c45-37-24-35-31(26-50(44(35)54)38-12-13-41(52)46-43(38)53)22-39(37)49-20-18-47(19-21-49)25-28-14-16-48(17-15-28)32-8-6-30(7-9-32)42-34-11-10-33(51)23-40(34)55-27-36(42)29-4-2-1-3-5-29/h1-11,22-24,28,36,38,42,51H,12-21,25-27H2,(H,46,52,53)/t36-,38+,42-/m1/s1. The van der Waals surface area contributed by atoms with Crippen molar-refractivity contribution in [2.75, 3.05) is 62.2 Å². The summed E-state index contributed by atoms with van der Waals surface area (Å²) >= 11 is 0. The summed E-state index contributed by atoms with van der Waals surface area (Å²) in [4.78, 5) is 45.7. The average molecular weight is 744 g/mol. The van der Waals surface area contributed by atoms with E-state index in [4.69, 9.17) is 4.74 Å². The Labute approximate surface area is 320 Å². The van der Waals surface area contributed by atoms with Gasteiger partial charge < -0.3 is 24.5 Å². The molecule has 0 aliphatic carbocycles. The van der Waals surface area contributed by atoms with Gasteiger partial charge in [0.15, 0.2) is 0 Å². The number of hydrogen-bond acceptors (Lipinski definition) is 8. The lowest BCUT2D eigenvalue weighted by Crippen LogP contribution is -2.52. The van der Waals surface area contributed by atoms with Crippen LogP contribution in [0.1, 0.15) is 70.1 Å². The molecule has 3 saturated heterocycles. The van der Waals surface area contributed by atoms with Gasteiger partial charge in [-0.25, -0.2) is 4.39 Å². The van der Waals surface area contributed by atoms with Gasteiger partial charge in [-0.3, -0.25) is 24.6 Å². The van der Waals surface area contributed by atoms with Crippen molar-refractivity contribution in [1.29, 1.82) is 0 Å². The Morgan fingerprint density at radius 1 is 0.800 bits per heavy atom. The second-order valence-corrected chi connectivity index (χ2v) is 15.7. The number of anilines is 2. The number of phenolic OH excluding ortho intramolecular Hbond substituents is 1. The number of fused-ring (bicyclic) bond motifs is 2. The predicted octanol–water partition coefficient (Wildman–Crippen LogP) is 5.64. The first-order valence-electron chi connectivity index (χ1n) is 19.6. The summed E-state index contributed by atoms with van der Waals surface area (Å²) in [5.74, 6) is 0.274. The molecular weight excluding hydrogens is 698 g/mol. The minimum Gasteiger partial charge on any atom is -0.508 e. The molecule has 0 unspecified atom stereocenters. The summed E-state index contributed by atoms with van der Waals surface area (Å²) in [5, 5.41) is 12.5. The van der Waals surface area contributed by atoms with Gasteiger partial charge in [-0.1, -0.05) is 48.5 Å². The van der Waals surface area contributed by atoms with Crippen molar-refractivity contribution in [3.8, 4) is 11.5 Å². The fourth-order valence-electron chi connectivity index (χ4n) is 9.42. The van der Waals surface area contributed by atoms with Gasteiger partial charge >= 0.3 is 0 Å².